The molecule has 16 heteroatoms. The van der Waals surface area contributed by atoms with Crippen LogP contribution in [0.5, 0.6) is 5.75 Å². The molecule has 0 aromatic heterocycles. The maximum atomic E-state index is 16.0. The molecule has 296 valence electrons. The second kappa shape index (κ2) is 18.4. The van der Waals surface area contributed by atoms with Gasteiger partial charge in [-0.05, 0) is 55.2 Å². The maximum Gasteiger partial charge on any atom is 0.416 e. The van der Waals surface area contributed by atoms with Crippen LogP contribution in [0.2, 0.25) is 0 Å². The van der Waals surface area contributed by atoms with Crippen molar-refractivity contribution in [1.82, 2.24) is 15.5 Å². The molecule has 0 saturated heterocycles. The van der Waals surface area contributed by atoms with Crippen LogP contribution in [0.3, 0.4) is 0 Å². The summed E-state index contributed by atoms with van der Waals surface area (Å²) in [6.45, 7) is 2.55. The number of anilines is 1. The highest BCUT2D eigenvalue weighted by molar-refractivity contribution is 6.12. The number of nitrogens with one attached hydrogen (secondary N) is 3. The Labute approximate surface area is 319 Å². The van der Waals surface area contributed by atoms with Crippen molar-refractivity contribution in [3.8, 4) is 16.9 Å². The van der Waals surface area contributed by atoms with Gasteiger partial charge >= 0.3 is 12.1 Å². The zero-order chi connectivity index (χ0) is 41.2. The lowest BCUT2D eigenvalue weighted by Gasteiger charge is -2.31. The van der Waals surface area contributed by atoms with Crippen molar-refractivity contribution in [1.29, 1.82) is 0 Å². The SMILES string of the molecule is CCNC(=O)C(CCOCC(=O)Oc1c(F)cc(NC(=O)c2ccccc2-c2ccc(C(F)(F)F)cc2)c(C(=O)N(C)C)c1F)(C(=O)NCC)c1ccccc1. The Morgan fingerprint density at radius 1 is 0.768 bits per heavy atom. The van der Waals surface area contributed by atoms with E-state index >= 15 is 8.78 Å². The lowest BCUT2D eigenvalue weighted by Crippen LogP contribution is -2.55. The number of hydrogen-bond acceptors (Lipinski definition) is 7. The third-order valence-corrected chi connectivity index (χ3v) is 8.51. The average molecular weight is 783 g/mol. The molecule has 0 unspecified atom stereocenters. The fourth-order valence-electron chi connectivity index (χ4n) is 5.79. The van der Waals surface area contributed by atoms with Gasteiger partial charge in [0.05, 0.1) is 11.3 Å². The van der Waals surface area contributed by atoms with Crippen LogP contribution in [0, 0.1) is 11.6 Å². The minimum absolute atomic E-state index is 0.0976. The summed E-state index contributed by atoms with van der Waals surface area (Å²) in [4.78, 5) is 67.2. The first kappa shape index (κ1) is 42.6. The predicted octanol–water partition coefficient (Wildman–Crippen LogP) is 6.13. The van der Waals surface area contributed by atoms with Gasteiger partial charge in [-0.15, -0.1) is 0 Å². The molecule has 0 spiro atoms. The Morgan fingerprint density at radius 3 is 1.93 bits per heavy atom. The Bertz CT molecular complexity index is 2060. The van der Waals surface area contributed by atoms with Crippen molar-refractivity contribution < 1.29 is 55.4 Å². The summed E-state index contributed by atoms with van der Waals surface area (Å²) < 4.78 is 81.3. The van der Waals surface area contributed by atoms with Gasteiger partial charge in [0.25, 0.3) is 11.8 Å². The molecule has 0 bridgehead atoms. The van der Waals surface area contributed by atoms with Crippen LogP contribution in [-0.2, 0) is 30.7 Å². The molecule has 0 radical (unpaired) electrons. The number of carbonyl (C=O) groups excluding carboxylic acids is 5. The van der Waals surface area contributed by atoms with E-state index < -0.39 is 82.0 Å². The second-order valence-electron chi connectivity index (χ2n) is 12.5. The van der Waals surface area contributed by atoms with E-state index in [1.54, 1.807) is 44.2 Å². The number of benzene rings is 4. The second-order valence-corrected chi connectivity index (χ2v) is 12.5. The van der Waals surface area contributed by atoms with Gasteiger partial charge < -0.3 is 30.3 Å². The molecule has 0 aliphatic heterocycles. The van der Waals surface area contributed by atoms with Crippen molar-refractivity contribution >= 4 is 35.3 Å². The first-order chi connectivity index (χ1) is 26.6. The molecular formula is C40H39F5N4O7. The highest BCUT2D eigenvalue weighted by Crippen LogP contribution is 2.35. The van der Waals surface area contributed by atoms with Gasteiger partial charge in [-0.3, -0.25) is 19.2 Å². The fraction of sp³-hybridized carbons (Fsp3) is 0.275. The van der Waals surface area contributed by atoms with E-state index in [2.05, 4.69) is 16.0 Å². The van der Waals surface area contributed by atoms with Gasteiger partial charge in [-0.25, -0.2) is 13.6 Å². The Hall–Kier alpha value is -6.16. The number of nitrogens with zero attached hydrogens (tertiary/aromatic N) is 1. The molecule has 4 rings (SSSR count). The molecule has 4 aromatic rings. The van der Waals surface area contributed by atoms with Gasteiger partial charge in [0.15, 0.2) is 17.0 Å². The maximum absolute atomic E-state index is 16.0. The van der Waals surface area contributed by atoms with Crippen molar-refractivity contribution in [2.24, 2.45) is 0 Å². The summed E-state index contributed by atoms with van der Waals surface area (Å²) >= 11 is 0. The molecule has 0 fully saturated rings. The number of hydrogen-bond donors (Lipinski definition) is 3. The van der Waals surface area contributed by atoms with Crippen LogP contribution in [0.4, 0.5) is 27.6 Å². The molecule has 0 atom stereocenters. The minimum atomic E-state index is -4.59. The Kier molecular flexibility index (Phi) is 14.0. The van der Waals surface area contributed by atoms with Gasteiger partial charge in [0, 0.05) is 45.4 Å². The highest BCUT2D eigenvalue weighted by Gasteiger charge is 2.47. The molecule has 4 amide bonds. The summed E-state index contributed by atoms with van der Waals surface area (Å²) in [6, 6.07) is 18.6. The van der Waals surface area contributed by atoms with Gasteiger partial charge in [-0.2, -0.15) is 13.2 Å². The summed E-state index contributed by atoms with van der Waals surface area (Å²) in [5, 5.41) is 7.62. The molecule has 4 aromatic carbocycles. The largest absolute Gasteiger partial charge is 0.418 e. The van der Waals surface area contributed by atoms with Crippen molar-refractivity contribution in [3.63, 3.8) is 0 Å². The molecule has 11 nitrogen and oxygen atoms in total. The van der Waals surface area contributed by atoms with E-state index in [1.807, 2.05) is 0 Å². The van der Waals surface area contributed by atoms with E-state index in [0.29, 0.717) is 11.6 Å². The van der Waals surface area contributed by atoms with E-state index in [9.17, 15) is 37.1 Å². The van der Waals surface area contributed by atoms with Crippen LogP contribution in [-0.4, -0.2) is 74.9 Å². The first-order valence-electron chi connectivity index (χ1n) is 17.3. The van der Waals surface area contributed by atoms with Crippen molar-refractivity contribution in [2.75, 3.05) is 45.7 Å². The van der Waals surface area contributed by atoms with Crippen molar-refractivity contribution in [2.45, 2.75) is 31.9 Å². The number of ether oxygens (including phenoxy) is 2. The van der Waals surface area contributed by atoms with Gasteiger partial charge in [-0.1, -0.05) is 60.7 Å². The topological polar surface area (TPSA) is 143 Å². The lowest BCUT2D eigenvalue weighted by molar-refractivity contribution is -0.141. The number of likely N-dealkylation sites (N-methyl/N-ethyl adjacent to an activating group) is 2. The molecule has 0 aliphatic carbocycles. The number of alkyl halides is 3. The lowest BCUT2D eigenvalue weighted by atomic mass is 9.75. The first-order valence-corrected chi connectivity index (χ1v) is 17.3. The van der Waals surface area contributed by atoms with Crippen LogP contribution in [0.1, 0.15) is 52.1 Å². The summed E-state index contributed by atoms with van der Waals surface area (Å²) in [7, 11) is 2.51. The Morgan fingerprint density at radius 2 is 1.36 bits per heavy atom. The molecule has 3 N–H and O–H groups in total. The molecule has 0 heterocycles. The molecule has 0 saturated carbocycles. The number of rotatable bonds is 15. The highest BCUT2D eigenvalue weighted by atomic mass is 19.4. The van der Waals surface area contributed by atoms with E-state index in [4.69, 9.17) is 9.47 Å². The standard InChI is InChI=1S/C40H39F5N4O7/c1-5-46-37(53)39(38(54)47-6-2,25-12-8-7-9-13-25)20-21-55-23-31(50)56-34-29(41)22-30(32(33(34)42)36(52)49(3)4)48-35(51)28-15-11-10-14-27(28)24-16-18-26(19-17-24)40(43,44)45/h7-19,22H,5-6,20-21,23H2,1-4H3,(H,46,53)(H,47,54)(H,48,51). The van der Waals surface area contributed by atoms with Gasteiger partial charge in [0.2, 0.25) is 17.6 Å². The van der Waals surface area contributed by atoms with E-state index in [-0.39, 0.29) is 42.8 Å². The third-order valence-electron chi connectivity index (χ3n) is 8.51. The minimum Gasteiger partial charge on any atom is -0.418 e. The third kappa shape index (κ3) is 9.55. The smallest absolute Gasteiger partial charge is 0.416 e. The van der Waals surface area contributed by atoms with Crippen LogP contribution in [0.25, 0.3) is 11.1 Å². The van der Waals surface area contributed by atoms with Gasteiger partial charge in [0.1, 0.15) is 12.2 Å². The molecule has 56 heavy (non-hydrogen) atoms. The Balaban J connectivity index is 1.56. The summed E-state index contributed by atoms with van der Waals surface area (Å²) in [5.74, 6) is -8.90. The van der Waals surface area contributed by atoms with Crippen LogP contribution < -0.4 is 20.7 Å². The quantitative estimate of drug-likeness (QED) is 0.0433. The van der Waals surface area contributed by atoms with E-state index in [0.717, 1.165) is 29.2 Å². The van der Waals surface area contributed by atoms with E-state index in [1.165, 1.54) is 38.4 Å². The number of esters is 1. The number of amides is 4. The normalized spacial score (nSPS) is 11.4. The molecule has 0 aliphatic rings. The van der Waals surface area contributed by atoms with Crippen molar-refractivity contribution in [3.05, 3.63) is 119 Å². The number of carbonyl (C=O) groups is 5. The van der Waals surface area contributed by atoms with Crippen LogP contribution in [0.15, 0.2) is 84.9 Å². The number of halogens is 5. The fourth-order valence-corrected chi connectivity index (χ4v) is 5.79. The van der Waals surface area contributed by atoms with Crippen LogP contribution >= 0.6 is 0 Å². The average Bonchev–Trinajstić information content (AvgIpc) is 3.16. The zero-order valence-electron chi connectivity index (χ0n) is 30.8. The summed E-state index contributed by atoms with van der Waals surface area (Å²) in [6.07, 6.45) is -4.83. The predicted molar refractivity (Wildman–Crippen MR) is 196 cm³/mol. The summed E-state index contributed by atoms with van der Waals surface area (Å²) in [5.41, 5.74) is -3.48. The monoisotopic (exact) mass is 782 g/mol. The molecular weight excluding hydrogens is 743 g/mol. The zero-order valence-corrected chi connectivity index (χ0v) is 30.8.